The standard InChI is InChI=1S/C17H24N2O3S.ClH/c1-12-3-4-13(9-16(12)23(2,21)22)17(20)19-7-5-14-10-18-11-15(14)6-8-19;/h3-4,9,14-15,18H,5-8,10-11H2,1-2H3;1H/t14-,15+;. The van der Waals surface area contributed by atoms with E-state index in [4.69, 9.17) is 0 Å². The topological polar surface area (TPSA) is 66.5 Å². The molecule has 0 spiro atoms. The van der Waals surface area contributed by atoms with E-state index in [1.54, 1.807) is 19.1 Å². The molecule has 0 radical (unpaired) electrons. The van der Waals surface area contributed by atoms with Gasteiger partial charge in [0.1, 0.15) is 0 Å². The van der Waals surface area contributed by atoms with Crippen LogP contribution in [0.5, 0.6) is 0 Å². The van der Waals surface area contributed by atoms with E-state index in [9.17, 15) is 13.2 Å². The van der Waals surface area contributed by atoms with Gasteiger partial charge in [0.2, 0.25) is 0 Å². The fourth-order valence-corrected chi connectivity index (χ4v) is 4.73. The van der Waals surface area contributed by atoms with E-state index in [-0.39, 0.29) is 23.2 Å². The molecule has 2 aliphatic heterocycles. The molecule has 2 heterocycles. The number of halogens is 1. The van der Waals surface area contributed by atoms with Crippen LogP contribution in [0.1, 0.15) is 28.8 Å². The Hall–Kier alpha value is -1.11. The van der Waals surface area contributed by atoms with Crippen LogP contribution in [-0.2, 0) is 9.84 Å². The fourth-order valence-electron chi connectivity index (χ4n) is 3.74. The summed E-state index contributed by atoms with van der Waals surface area (Å²) < 4.78 is 23.7. The summed E-state index contributed by atoms with van der Waals surface area (Å²) in [5, 5.41) is 3.43. The Morgan fingerprint density at radius 2 is 1.75 bits per heavy atom. The minimum absolute atomic E-state index is 0. The van der Waals surface area contributed by atoms with Crippen LogP contribution in [0, 0.1) is 18.8 Å². The van der Waals surface area contributed by atoms with Crippen LogP contribution in [0.2, 0.25) is 0 Å². The number of amides is 1. The molecule has 7 heteroatoms. The molecule has 0 unspecified atom stereocenters. The summed E-state index contributed by atoms with van der Waals surface area (Å²) in [5.41, 5.74) is 1.15. The second-order valence-corrected chi connectivity index (χ2v) is 8.78. The Morgan fingerprint density at radius 3 is 2.29 bits per heavy atom. The largest absolute Gasteiger partial charge is 0.339 e. The molecule has 1 aromatic carbocycles. The minimum atomic E-state index is -3.32. The van der Waals surface area contributed by atoms with Crippen LogP contribution in [-0.4, -0.2) is 51.7 Å². The normalized spacial score (nSPS) is 24.0. The van der Waals surface area contributed by atoms with Gasteiger partial charge in [-0.05, 0) is 62.4 Å². The Labute approximate surface area is 150 Å². The van der Waals surface area contributed by atoms with Gasteiger partial charge in [-0.1, -0.05) is 6.07 Å². The van der Waals surface area contributed by atoms with Crippen LogP contribution in [0.4, 0.5) is 0 Å². The summed E-state index contributed by atoms with van der Waals surface area (Å²) in [6, 6.07) is 4.99. The summed E-state index contributed by atoms with van der Waals surface area (Å²) in [5.74, 6) is 1.28. The minimum Gasteiger partial charge on any atom is -0.339 e. The third kappa shape index (κ3) is 3.92. The number of carbonyl (C=O) groups is 1. The van der Waals surface area contributed by atoms with E-state index in [1.165, 1.54) is 12.3 Å². The van der Waals surface area contributed by atoms with Crippen molar-refractivity contribution >= 4 is 28.2 Å². The van der Waals surface area contributed by atoms with Crippen LogP contribution in [0.25, 0.3) is 0 Å². The number of nitrogens with zero attached hydrogens (tertiary/aromatic N) is 1. The number of likely N-dealkylation sites (tertiary alicyclic amines) is 1. The number of sulfone groups is 1. The highest BCUT2D eigenvalue weighted by molar-refractivity contribution is 7.90. The maximum Gasteiger partial charge on any atom is 0.253 e. The first-order chi connectivity index (χ1) is 10.9. The smallest absolute Gasteiger partial charge is 0.253 e. The molecule has 5 nitrogen and oxygen atoms in total. The van der Waals surface area contributed by atoms with Gasteiger partial charge in [-0.15, -0.1) is 12.4 Å². The highest BCUT2D eigenvalue weighted by Crippen LogP contribution is 2.28. The maximum atomic E-state index is 12.8. The number of benzene rings is 1. The number of hydrogen-bond acceptors (Lipinski definition) is 4. The molecule has 0 bridgehead atoms. The number of fused-ring (bicyclic) bond motifs is 1. The van der Waals surface area contributed by atoms with E-state index >= 15 is 0 Å². The molecule has 134 valence electrons. The Morgan fingerprint density at radius 1 is 1.17 bits per heavy atom. The molecular weight excluding hydrogens is 348 g/mol. The second kappa shape index (κ2) is 7.42. The number of carbonyl (C=O) groups excluding carboxylic acids is 1. The number of hydrogen-bond donors (Lipinski definition) is 1. The second-order valence-electron chi connectivity index (χ2n) is 6.80. The van der Waals surface area contributed by atoms with Crippen molar-refractivity contribution in [1.82, 2.24) is 10.2 Å². The number of nitrogens with one attached hydrogen (secondary N) is 1. The predicted molar refractivity (Wildman–Crippen MR) is 96.5 cm³/mol. The van der Waals surface area contributed by atoms with Gasteiger partial charge >= 0.3 is 0 Å². The Bertz CT molecular complexity index is 707. The molecule has 1 N–H and O–H groups in total. The van der Waals surface area contributed by atoms with Crippen LogP contribution in [0.15, 0.2) is 23.1 Å². The lowest BCUT2D eigenvalue weighted by molar-refractivity contribution is 0.0758. The van der Waals surface area contributed by atoms with E-state index in [1.807, 2.05) is 4.90 Å². The monoisotopic (exact) mass is 372 g/mol. The zero-order chi connectivity index (χ0) is 16.6. The molecule has 2 atom stereocenters. The molecule has 1 aromatic rings. The van der Waals surface area contributed by atoms with Crippen molar-refractivity contribution in [2.24, 2.45) is 11.8 Å². The summed E-state index contributed by atoms with van der Waals surface area (Å²) >= 11 is 0. The van der Waals surface area contributed by atoms with Gasteiger partial charge in [-0.3, -0.25) is 4.79 Å². The van der Waals surface area contributed by atoms with Gasteiger partial charge in [0.15, 0.2) is 9.84 Å². The van der Waals surface area contributed by atoms with E-state index in [0.29, 0.717) is 23.0 Å². The van der Waals surface area contributed by atoms with Crippen molar-refractivity contribution in [3.05, 3.63) is 29.3 Å². The molecule has 2 saturated heterocycles. The van der Waals surface area contributed by atoms with Crippen LogP contribution in [0.3, 0.4) is 0 Å². The molecular formula is C17H25ClN2O3S. The van der Waals surface area contributed by atoms with Gasteiger partial charge < -0.3 is 10.2 Å². The zero-order valence-electron chi connectivity index (χ0n) is 14.1. The van der Waals surface area contributed by atoms with Gasteiger partial charge in [-0.25, -0.2) is 8.42 Å². The third-order valence-electron chi connectivity index (χ3n) is 5.14. The van der Waals surface area contributed by atoms with Crippen molar-refractivity contribution in [1.29, 1.82) is 0 Å². The fraction of sp³-hybridized carbons (Fsp3) is 0.588. The first-order valence-electron chi connectivity index (χ1n) is 8.17. The Balaban J connectivity index is 0.00000208. The summed E-state index contributed by atoms with van der Waals surface area (Å²) in [6.07, 6.45) is 3.23. The summed E-state index contributed by atoms with van der Waals surface area (Å²) in [6.45, 7) is 5.36. The van der Waals surface area contributed by atoms with E-state index in [0.717, 1.165) is 39.0 Å². The first-order valence-corrected chi connectivity index (χ1v) is 10.1. The van der Waals surface area contributed by atoms with Crippen molar-refractivity contribution in [3.8, 4) is 0 Å². The number of aryl methyl sites for hydroxylation is 1. The average molecular weight is 373 g/mol. The first kappa shape index (κ1) is 19.2. The molecule has 24 heavy (non-hydrogen) atoms. The van der Waals surface area contributed by atoms with Crippen LogP contribution >= 0.6 is 12.4 Å². The van der Waals surface area contributed by atoms with Crippen molar-refractivity contribution in [3.63, 3.8) is 0 Å². The maximum absolute atomic E-state index is 12.8. The predicted octanol–water partition coefficient (Wildman–Crippen LogP) is 1.89. The van der Waals surface area contributed by atoms with Gasteiger partial charge in [0, 0.05) is 24.9 Å². The van der Waals surface area contributed by atoms with Crippen molar-refractivity contribution in [2.45, 2.75) is 24.7 Å². The quantitative estimate of drug-likeness (QED) is 0.860. The highest BCUT2D eigenvalue weighted by Gasteiger charge is 2.31. The summed E-state index contributed by atoms with van der Waals surface area (Å²) in [4.78, 5) is 14.9. The van der Waals surface area contributed by atoms with E-state index in [2.05, 4.69) is 5.32 Å². The lowest BCUT2D eigenvalue weighted by Crippen LogP contribution is -2.32. The lowest BCUT2D eigenvalue weighted by atomic mass is 9.92. The highest BCUT2D eigenvalue weighted by atomic mass is 35.5. The average Bonchev–Trinajstić information content (AvgIpc) is 2.85. The molecule has 2 aliphatic rings. The SMILES string of the molecule is Cc1ccc(C(=O)N2CC[C@@H]3CNC[C@@H]3CC2)cc1S(C)(=O)=O.Cl. The number of rotatable bonds is 2. The molecule has 0 aliphatic carbocycles. The zero-order valence-corrected chi connectivity index (χ0v) is 15.8. The van der Waals surface area contributed by atoms with Gasteiger partial charge in [-0.2, -0.15) is 0 Å². The molecule has 0 saturated carbocycles. The molecule has 1 amide bonds. The Kier molecular flexibility index (Phi) is 5.94. The van der Waals surface area contributed by atoms with Crippen molar-refractivity contribution in [2.75, 3.05) is 32.4 Å². The molecule has 0 aromatic heterocycles. The van der Waals surface area contributed by atoms with Gasteiger partial charge in [0.25, 0.3) is 5.91 Å². The molecule has 2 fully saturated rings. The van der Waals surface area contributed by atoms with Crippen molar-refractivity contribution < 1.29 is 13.2 Å². The van der Waals surface area contributed by atoms with Crippen LogP contribution < -0.4 is 5.32 Å². The molecule has 3 rings (SSSR count). The van der Waals surface area contributed by atoms with Gasteiger partial charge in [0.05, 0.1) is 4.90 Å². The lowest BCUT2D eigenvalue weighted by Gasteiger charge is -2.21. The van der Waals surface area contributed by atoms with E-state index < -0.39 is 9.84 Å². The summed E-state index contributed by atoms with van der Waals surface area (Å²) in [7, 11) is -3.32. The third-order valence-corrected chi connectivity index (χ3v) is 6.38.